The van der Waals surface area contributed by atoms with Crippen molar-refractivity contribution in [3.63, 3.8) is 0 Å². The summed E-state index contributed by atoms with van der Waals surface area (Å²) in [7, 11) is 4.26. The van der Waals surface area contributed by atoms with Gasteiger partial charge < -0.3 is 9.64 Å². The van der Waals surface area contributed by atoms with Crippen LogP contribution in [0.2, 0.25) is 0 Å². The molecule has 1 heterocycles. The van der Waals surface area contributed by atoms with Crippen molar-refractivity contribution in [1.29, 1.82) is 0 Å². The summed E-state index contributed by atoms with van der Waals surface area (Å²) in [4.78, 5) is 2.27. The SMILES string of the molecule is CCCCSc1nsnc1O[C@@H]1CCC[C@H]1N(C)C. The Balaban J connectivity index is 1.93. The lowest BCUT2D eigenvalue weighted by molar-refractivity contribution is 0.114. The zero-order chi connectivity index (χ0) is 13.7. The quantitative estimate of drug-likeness (QED) is 0.571. The van der Waals surface area contributed by atoms with E-state index in [2.05, 4.69) is 34.7 Å². The highest BCUT2D eigenvalue weighted by atomic mass is 32.2. The number of hydrogen-bond acceptors (Lipinski definition) is 6. The molecule has 0 spiro atoms. The normalized spacial score (nSPS) is 23.2. The van der Waals surface area contributed by atoms with Crippen molar-refractivity contribution in [1.82, 2.24) is 13.6 Å². The van der Waals surface area contributed by atoms with E-state index in [1.165, 1.54) is 37.4 Å². The zero-order valence-electron chi connectivity index (χ0n) is 12.0. The molecule has 1 saturated carbocycles. The predicted octanol–water partition coefficient (Wildman–Crippen LogP) is 3.29. The highest BCUT2D eigenvalue weighted by molar-refractivity contribution is 7.99. The molecule has 1 aliphatic rings. The Morgan fingerprint density at radius 2 is 2.21 bits per heavy atom. The molecule has 2 rings (SSSR count). The second kappa shape index (κ2) is 7.45. The van der Waals surface area contributed by atoms with Crippen molar-refractivity contribution in [3.8, 4) is 5.88 Å². The van der Waals surface area contributed by atoms with Gasteiger partial charge in [-0.05, 0) is 45.5 Å². The molecule has 2 atom stereocenters. The average molecular weight is 301 g/mol. The molecule has 0 aromatic carbocycles. The highest BCUT2D eigenvalue weighted by Crippen LogP contribution is 2.32. The molecule has 0 N–H and O–H groups in total. The van der Waals surface area contributed by atoms with Gasteiger partial charge in [0.15, 0.2) is 5.03 Å². The molecular formula is C13H23N3OS2. The first-order valence-corrected chi connectivity index (χ1v) is 8.72. The molecule has 1 fully saturated rings. The van der Waals surface area contributed by atoms with Gasteiger partial charge in [-0.15, -0.1) is 4.37 Å². The first kappa shape index (κ1) is 15.1. The lowest BCUT2D eigenvalue weighted by Crippen LogP contribution is -2.38. The molecule has 0 amide bonds. The van der Waals surface area contributed by atoms with Crippen molar-refractivity contribution < 1.29 is 4.74 Å². The molecule has 1 aromatic heterocycles. The van der Waals surface area contributed by atoms with Crippen molar-refractivity contribution in [2.45, 2.75) is 56.2 Å². The van der Waals surface area contributed by atoms with Crippen molar-refractivity contribution in [2.24, 2.45) is 0 Å². The lowest BCUT2D eigenvalue weighted by Gasteiger charge is -2.26. The minimum Gasteiger partial charge on any atom is -0.470 e. The minimum atomic E-state index is 0.268. The van der Waals surface area contributed by atoms with Gasteiger partial charge in [0.2, 0.25) is 0 Å². The van der Waals surface area contributed by atoms with E-state index < -0.39 is 0 Å². The molecule has 0 saturated heterocycles. The highest BCUT2D eigenvalue weighted by Gasteiger charge is 2.31. The standard InChI is InChI=1S/C13H23N3OS2/c1-4-5-9-18-13-12(14-19-15-13)17-11-8-6-7-10(11)16(2)3/h10-11H,4-9H2,1-3H3/t10-,11-/m1/s1. The summed E-state index contributed by atoms with van der Waals surface area (Å²) in [6.07, 6.45) is 6.28. The summed E-state index contributed by atoms with van der Waals surface area (Å²) >= 11 is 3.03. The summed E-state index contributed by atoms with van der Waals surface area (Å²) in [6.45, 7) is 2.21. The molecule has 4 nitrogen and oxygen atoms in total. The molecule has 108 valence electrons. The Morgan fingerprint density at radius 3 is 2.95 bits per heavy atom. The van der Waals surface area contributed by atoms with Crippen molar-refractivity contribution in [2.75, 3.05) is 19.8 Å². The second-order valence-electron chi connectivity index (χ2n) is 5.19. The maximum Gasteiger partial charge on any atom is 0.260 e. The number of hydrogen-bond donors (Lipinski definition) is 0. The molecule has 6 heteroatoms. The summed E-state index contributed by atoms with van der Waals surface area (Å²) < 4.78 is 14.8. The molecule has 1 aromatic rings. The van der Waals surface area contributed by atoms with E-state index in [1.54, 1.807) is 11.8 Å². The number of unbranched alkanes of at least 4 members (excludes halogenated alkanes) is 1. The van der Waals surface area contributed by atoms with Gasteiger partial charge in [0.05, 0.1) is 11.7 Å². The number of rotatable bonds is 7. The third-order valence-electron chi connectivity index (χ3n) is 3.51. The van der Waals surface area contributed by atoms with Crippen LogP contribution >= 0.6 is 23.5 Å². The Hall–Kier alpha value is -0.330. The first-order valence-electron chi connectivity index (χ1n) is 7.00. The minimum absolute atomic E-state index is 0.268. The Kier molecular flexibility index (Phi) is 5.91. The Morgan fingerprint density at radius 1 is 1.37 bits per heavy atom. The number of thioether (sulfide) groups is 1. The summed E-state index contributed by atoms with van der Waals surface area (Å²) in [5.74, 6) is 1.85. The van der Waals surface area contributed by atoms with Crippen LogP contribution in [0, 0.1) is 0 Å². The van der Waals surface area contributed by atoms with Crippen LogP contribution in [0.4, 0.5) is 0 Å². The van der Waals surface area contributed by atoms with Crippen LogP contribution in [0.1, 0.15) is 39.0 Å². The summed E-state index contributed by atoms with van der Waals surface area (Å²) in [5, 5.41) is 0.975. The van der Waals surface area contributed by atoms with Gasteiger partial charge in [0.1, 0.15) is 6.10 Å². The number of nitrogens with zero attached hydrogens (tertiary/aromatic N) is 3. The van der Waals surface area contributed by atoms with Gasteiger partial charge in [0, 0.05) is 6.04 Å². The molecule has 1 aliphatic carbocycles. The third-order valence-corrected chi connectivity index (χ3v) is 5.17. The van der Waals surface area contributed by atoms with Gasteiger partial charge in [-0.3, -0.25) is 0 Å². The molecule has 0 bridgehead atoms. The number of aromatic nitrogens is 2. The number of ether oxygens (including phenoxy) is 1. The molecule has 0 aliphatic heterocycles. The molecule has 19 heavy (non-hydrogen) atoms. The maximum atomic E-state index is 6.13. The number of likely N-dealkylation sites (N-methyl/N-ethyl adjacent to an activating group) is 1. The van der Waals surface area contributed by atoms with E-state index in [1.807, 2.05) is 0 Å². The summed E-state index contributed by atoms with van der Waals surface area (Å²) in [5.41, 5.74) is 0. The van der Waals surface area contributed by atoms with E-state index in [-0.39, 0.29) is 6.10 Å². The second-order valence-corrected chi connectivity index (χ2v) is 6.81. The van der Waals surface area contributed by atoms with E-state index in [9.17, 15) is 0 Å². The van der Waals surface area contributed by atoms with Crippen LogP contribution in [0.25, 0.3) is 0 Å². The fraction of sp³-hybridized carbons (Fsp3) is 0.846. The van der Waals surface area contributed by atoms with Gasteiger partial charge in [0.25, 0.3) is 5.88 Å². The largest absolute Gasteiger partial charge is 0.470 e. The van der Waals surface area contributed by atoms with E-state index >= 15 is 0 Å². The fourth-order valence-electron chi connectivity index (χ4n) is 2.42. The monoisotopic (exact) mass is 301 g/mol. The first-order chi connectivity index (χ1) is 9.22. The van der Waals surface area contributed by atoms with Crippen LogP contribution in [0.3, 0.4) is 0 Å². The van der Waals surface area contributed by atoms with Gasteiger partial charge in [-0.1, -0.05) is 25.1 Å². The average Bonchev–Trinajstić information content (AvgIpc) is 3.00. The van der Waals surface area contributed by atoms with Gasteiger partial charge in [-0.2, -0.15) is 4.37 Å². The topological polar surface area (TPSA) is 38.3 Å². The van der Waals surface area contributed by atoms with E-state index in [4.69, 9.17) is 4.74 Å². The van der Waals surface area contributed by atoms with Crippen LogP contribution < -0.4 is 4.74 Å². The lowest BCUT2D eigenvalue weighted by atomic mass is 10.2. The van der Waals surface area contributed by atoms with Crippen molar-refractivity contribution >= 4 is 23.5 Å². The maximum absolute atomic E-state index is 6.13. The fourth-order valence-corrected chi connectivity index (χ4v) is 4.03. The Labute approximate surface area is 124 Å². The third kappa shape index (κ3) is 4.07. The molecule has 0 radical (unpaired) electrons. The van der Waals surface area contributed by atoms with Crippen LogP contribution in [0.15, 0.2) is 5.03 Å². The molecule has 0 unspecified atom stereocenters. The van der Waals surface area contributed by atoms with Crippen molar-refractivity contribution in [3.05, 3.63) is 0 Å². The Bertz CT molecular complexity index is 384. The van der Waals surface area contributed by atoms with E-state index in [0.717, 1.165) is 23.1 Å². The summed E-state index contributed by atoms with van der Waals surface area (Å²) in [6, 6.07) is 0.509. The predicted molar refractivity (Wildman–Crippen MR) is 81.3 cm³/mol. The zero-order valence-corrected chi connectivity index (χ0v) is 13.6. The van der Waals surface area contributed by atoms with Crippen LogP contribution in [-0.4, -0.2) is 45.6 Å². The van der Waals surface area contributed by atoms with Crippen LogP contribution in [0.5, 0.6) is 5.88 Å². The smallest absolute Gasteiger partial charge is 0.260 e. The molecular weight excluding hydrogens is 278 g/mol. The van der Waals surface area contributed by atoms with Crippen LogP contribution in [-0.2, 0) is 0 Å². The van der Waals surface area contributed by atoms with E-state index in [0.29, 0.717) is 6.04 Å². The van der Waals surface area contributed by atoms with Gasteiger partial charge >= 0.3 is 0 Å². The van der Waals surface area contributed by atoms with Gasteiger partial charge in [-0.25, -0.2) is 0 Å².